The normalized spacial score (nSPS) is 11.9. The van der Waals surface area contributed by atoms with Crippen molar-refractivity contribution < 1.29 is 8.78 Å². The second-order valence-electron chi connectivity index (χ2n) is 4.85. The van der Waals surface area contributed by atoms with Gasteiger partial charge in [0.15, 0.2) is 0 Å². The molecule has 0 aliphatic carbocycles. The summed E-state index contributed by atoms with van der Waals surface area (Å²) in [6.45, 7) is 3.53. The SMILES string of the molecule is C/C(=N/Nc1nc2c(C)cccc2s1)c1c(F)cccc1F. The molecule has 0 aliphatic heterocycles. The number of para-hydroxylation sites is 1. The van der Waals surface area contributed by atoms with Crippen molar-refractivity contribution in [1.82, 2.24) is 4.98 Å². The zero-order chi connectivity index (χ0) is 15.7. The molecule has 0 fully saturated rings. The highest BCUT2D eigenvalue weighted by atomic mass is 32.1. The van der Waals surface area contributed by atoms with Gasteiger partial charge in [0.25, 0.3) is 0 Å². The van der Waals surface area contributed by atoms with Gasteiger partial charge in [0.2, 0.25) is 5.13 Å². The number of benzene rings is 2. The molecule has 1 aromatic heterocycles. The van der Waals surface area contributed by atoms with Gasteiger partial charge < -0.3 is 0 Å². The number of aromatic nitrogens is 1. The third-order valence-electron chi connectivity index (χ3n) is 3.26. The second kappa shape index (κ2) is 5.81. The van der Waals surface area contributed by atoms with Gasteiger partial charge >= 0.3 is 0 Å². The minimum Gasteiger partial charge on any atom is -0.252 e. The fourth-order valence-corrected chi connectivity index (χ4v) is 3.05. The smallest absolute Gasteiger partial charge is 0.204 e. The van der Waals surface area contributed by atoms with Crippen molar-refractivity contribution in [3.63, 3.8) is 0 Å². The molecule has 3 rings (SSSR count). The van der Waals surface area contributed by atoms with Crippen LogP contribution in [0.3, 0.4) is 0 Å². The molecule has 0 saturated heterocycles. The van der Waals surface area contributed by atoms with E-state index in [0.29, 0.717) is 5.13 Å². The lowest BCUT2D eigenvalue weighted by Gasteiger charge is -2.04. The lowest BCUT2D eigenvalue weighted by molar-refractivity contribution is 0.579. The maximum atomic E-state index is 13.7. The number of hydrogen-bond acceptors (Lipinski definition) is 4. The zero-order valence-corrected chi connectivity index (χ0v) is 12.8. The van der Waals surface area contributed by atoms with Crippen LogP contribution in [-0.4, -0.2) is 10.7 Å². The van der Waals surface area contributed by atoms with Crippen LogP contribution in [0, 0.1) is 18.6 Å². The number of aryl methyl sites for hydroxylation is 1. The van der Waals surface area contributed by atoms with Gasteiger partial charge in [0.1, 0.15) is 11.6 Å². The number of anilines is 1. The van der Waals surface area contributed by atoms with Crippen LogP contribution in [0.1, 0.15) is 18.1 Å². The van der Waals surface area contributed by atoms with E-state index in [4.69, 9.17) is 0 Å². The third-order valence-corrected chi connectivity index (χ3v) is 4.19. The number of hydrogen-bond donors (Lipinski definition) is 1. The lowest BCUT2D eigenvalue weighted by atomic mass is 10.1. The second-order valence-corrected chi connectivity index (χ2v) is 5.88. The number of halogens is 2. The quantitative estimate of drug-likeness (QED) is 0.560. The molecular formula is C16H13F2N3S. The van der Waals surface area contributed by atoms with Crippen LogP contribution in [0.5, 0.6) is 0 Å². The molecule has 1 N–H and O–H groups in total. The Morgan fingerprint density at radius 3 is 2.50 bits per heavy atom. The average molecular weight is 317 g/mol. The van der Waals surface area contributed by atoms with Crippen LogP contribution in [-0.2, 0) is 0 Å². The van der Waals surface area contributed by atoms with Crippen molar-refractivity contribution >= 4 is 32.4 Å². The van der Waals surface area contributed by atoms with Gasteiger partial charge in [-0.2, -0.15) is 5.10 Å². The Hall–Kier alpha value is -2.34. The maximum Gasteiger partial charge on any atom is 0.204 e. The fourth-order valence-electron chi connectivity index (χ4n) is 2.17. The molecule has 0 spiro atoms. The summed E-state index contributed by atoms with van der Waals surface area (Å²) in [5, 5.41) is 4.63. The van der Waals surface area contributed by atoms with Gasteiger partial charge in [-0.25, -0.2) is 13.8 Å². The molecule has 1 heterocycles. The van der Waals surface area contributed by atoms with Crippen LogP contribution < -0.4 is 5.43 Å². The minimum atomic E-state index is -0.636. The molecule has 0 unspecified atom stereocenters. The Labute approximate surface area is 130 Å². The van der Waals surface area contributed by atoms with E-state index < -0.39 is 11.6 Å². The molecule has 0 radical (unpaired) electrons. The molecule has 22 heavy (non-hydrogen) atoms. The molecule has 0 bridgehead atoms. The molecule has 112 valence electrons. The van der Waals surface area contributed by atoms with Gasteiger partial charge in [-0.3, -0.25) is 5.43 Å². The van der Waals surface area contributed by atoms with E-state index in [1.807, 2.05) is 25.1 Å². The average Bonchev–Trinajstić information content (AvgIpc) is 2.89. The minimum absolute atomic E-state index is 0.132. The number of rotatable bonds is 3. The molecule has 0 amide bonds. The number of thiazole rings is 1. The Balaban J connectivity index is 1.90. The standard InChI is InChI=1S/C16H13F2N3S/c1-9-5-3-8-13-15(9)19-16(22-13)21-20-10(2)14-11(17)6-4-7-12(14)18/h3-8H,1-2H3,(H,19,21)/b20-10-. The predicted molar refractivity (Wildman–Crippen MR) is 86.5 cm³/mol. The van der Waals surface area contributed by atoms with Gasteiger partial charge in [0, 0.05) is 0 Å². The van der Waals surface area contributed by atoms with E-state index in [1.165, 1.54) is 29.5 Å². The van der Waals surface area contributed by atoms with E-state index in [2.05, 4.69) is 15.5 Å². The van der Waals surface area contributed by atoms with Crippen LogP contribution in [0.15, 0.2) is 41.5 Å². The Bertz CT molecular complexity index is 851. The summed E-state index contributed by atoms with van der Waals surface area (Å²) in [5.74, 6) is -1.27. The van der Waals surface area contributed by atoms with Crippen molar-refractivity contribution in [1.29, 1.82) is 0 Å². The zero-order valence-electron chi connectivity index (χ0n) is 12.0. The van der Waals surface area contributed by atoms with E-state index in [1.54, 1.807) is 6.92 Å². The molecule has 3 nitrogen and oxygen atoms in total. The first-order chi connectivity index (χ1) is 10.6. The van der Waals surface area contributed by atoms with Crippen LogP contribution in [0.25, 0.3) is 10.2 Å². The van der Waals surface area contributed by atoms with Gasteiger partial charge in [-0.15, -0.1) is 0 Å². The van der Waals surface area contributed by atoms with Gasteiger partial charge in [-0.05, 0) is 37.6 Å². The third kappa shape index (κ3) is 2.69. The Morgan fingerprint density at radius 1 is 1.14 bits per heavy atom. The largest absolute Gasteiger partial charge is 0.252 e. The van der Waals surface area contributed by atoms with Gasteiger partial charge in [-0.1, -0.05) is 29.5 Å². The van der Waals surface area contributed by atoms with E-state index in [9.17, 15) is 8.78 Å². The van der Waals surface area contributed by atoms with Crippen molar-refractivity contribution in [3.8, 4) is 0 Å². The molecule has 0 atom stereocenters. The Kier molecular flexibility index (Phi) is 3.85. The van der Waals surface area contributed by atoms with E-state index in [-0.39, 0.29) is 11.3 Å². The van der Waals surface area contributed by atoms with E-state index in [0.717, 1.165) is 15.8 Å². The Morgan fingerprint density at radius 2 is 1.82 bits per heavy atom. The van der Waals surface area contributed by atoms with Crippen molar-refractivity contribution in [2.75, 3.05) is 5.43 Å². The number of fused-ring (bicyclic) bond motifs is 1. The highest BCUT2D eigenvalue weighted by Gasteiger charge is 2.12. The first kappa shape index (κ1) is 14.6. The van der Waals surface area contributed by atoms with Gasteiger partial charge in [0.05, 0.1) is 21.5 Å². The number of hydrazone groups is 1. The fraction of sp³-hybridized carbons (Fsp3) is 0.125. The molecule has 3 aromatic rings. The molecular weight excluding hydrogens is 304 g/mol. The number of nitrogens with one attached hydrogen (secondary N) is 1. The highest BCUT2D eigenvalue weighted by molar-refractivity contribution is 7.22. The van der Waals surface area contributed by atoms with Crippen LogP contribution >= 0.6 is 11.3 Å². The molecule has 0 saturated carbocycles. The summed E-state index contributed by atoms with van der Waals surface area (Å²) in [4.78, 5) is 4.44. The summed E-state index contributed by atoms with van der Waals surface area (Å²) in [6.07, 6.45) is 0. The summed E-state index contributed by atoms with van der Waals surface area (Å²) >= 11 is 1.44. The summed E-state index contributed by atoms with van der Waals surface area (Å²) in [6, 6.07) is 9.65. The number of nitrogens with zero attached hydrogens (tertiary/aromatic N) is 2. The first-order valence-corrected chi connectivity index (χ1v) is 7.49. The van der Waals surface area contributed by atoms with Crippen molar-refractivity contribution in [3.05, 3.63) is 59.2 Å². The molecule has 6 heteroatoms. The van der Waals surface area contributed by atoms with E-state index >= 15 is 0 Å². The highest BCUT2D eigenvalue weighted by Crippen LogP contribution is 2.28. The van der Waals surface area contributed by atoms with Crippen molar-refractivity contribution in [2.45, 2.75) is 13.8 Å². The topological polar surface area (TPSA) is 37.3 Å². The summed E-state index contributed by atoms with van der Waals surface area (Å²) in [5.41, 5.74) is 4.85. The predicted octanol–water partition coefficient (Wildman–Crippen LogP) is 4.72. The molecule has 2 aromatic carbocycles. The molecule has 0 aliphatic rings. The van der Waals surface area contributed by atoms with Crippen LogP contribution in [0.2, 0.25) is 0 Å². The monoisotopic (exact) mass is 317 g/mol. The summed E-state index contributed by atoms with van der Waals surface area (Å²) < 4.78 is 28.4. The van der Waals surface area contributed by atoms with Crippen molar-refractivity contribution in [2.24, 2.45) is 5.10 Å². The lowest BCUT2D eigenvalue weighted by Crippen LogP contribution is -2.05. The van der Waals surface area contributed by atoms with Crippen LogP contribution in [0.4, 0.5) is 13.9 Å². The first-order valence-electron chi connectivity index (χ1n) is 6.67. The summed E-state index contributed by atoms with van der Waals surface area (Å²) in [7, 11) is 0. The maximum absolute atomic E-state index is 13.7.